The maximum atomic E-state index is 12.4. The standard InChI is InChI=1S/C14H24O3/c1-6-9(3)10-8-11(15)14(4,7-2)13(16)12(10)17-5/h9,11,15H,6-8H2,1-5H3. The maximum absolute atomic E-state index is 12.4. The molecule has 0 fully saturated rings. The Kier molecular flexibility index (Phi) is 4.36. The monoisotopic (exact) mass is 240 g/mol. The quantitative estimate of drug-likeness (QED) is 0.821. The minimum Gasteiger partial charge on any atom is -0.493 e. The molecule has 0 saturated heterocycles. The van der Waals surface area contributed by atoms with E-state index in [1.165, 1.54) is 0 Å². The molecule has 0 amide bonds. The fourth-order valence-corrected chi connectivity index (χ4v) is 2.37. The minimum atomic E-state index is -0.692. The Morgan fingerprint density at radius 3 is 2.53 bits per heavy atom. The lowest BCUT2D eigenvalue weighted by atomic mass is 9.68. The van der Waals surface area contributed by atoms with Gasteiger partial charge in [-0.05, 0) is 37.7 Å². The maximum Gasteiger partial charge on any atom is 0.205 e. The van der Waals surface area contributed by atoms with Crippen LogP contribution >= 0.6 is 0 Å². The molecule has 1 N–H and O–H groups in total. The smallest absolute Gasteiger partial charge is 0.205 e. The molecular weight excluding hydrogens is 216 g/mol. The number of aliphatic hydroxyl groups is 1. The first-order chi connectivity index (χ1) is 7.92. The average molecular weight is 240 g/mol. The molecule has 0 heterocycles. The van der Waals surface area contributed by atoms with Crippen LogP contribution in [0.25, 0.3) is 0 Å². The molecule has 0 aliphatic heterocycles. The average Bonchev–Trinajstić information content (AvgIpc) is 2.34. The van der Waals surface area contributed by atoms with Gasteiger partial charge in [0.05, 0.1) is 18.6 Å². The molecule has 1 aliphatic carbocycles. The van der Waals surface area contributed by atoms with Crippen LogP contribution in [0.4, 0.5) is 0 Å². The third-order valence-corrected chi connectivity index (χ3v) is 4.31. The molecule has 17 heavy (non-hydrogen) atoms. The fraction of sp³-hybridized carbons (Fsp3) is 0.786. The third kappa shape index (κ3) is 2.25. The number of hydrogen-bond acceptors (Lipinski definition) is 3. The molecule has 0 aromatic carbocycles. The summed E-state index contributed by atoms with van der Waals surface area (Å²) < 4.78 is 5.30. The first-order valence-corrected chi connectivity index (χ1v) is 6.42. The van der Waals surface area contributed by atoms with Gasteiger partial charge in [-0.2, -0.15) is 0 Å². The number of allylic oxidation sites excluding steroid dienone is 1. The van der Waals surface area contributed by atoms with Crippen LogP contribution in [0.2, 0.25) is 0 Å². The number of hydrogen-bond donors (Lipinski definition) is 1. The van der Waals surface area contributed by atoms with Gasteiger partial charge < -0.3 is 9.84 Å². The van der Waals surface area contributed by atoms with E-state index in [1.54, 1.807) is 7.11 Å². The van der Waals surface area contributed by atoms with Crippen LogP contribution in [0.3, 0.4) is 0 Å². The van der Waals surface area contributed by atoms with Crippen LogP contribution in [0.5, 0.6) is 0 Å². The van der Waals surface area contributed by atoms with Crippen molar-refractivity contribution in [3.05, 3.63) is 11.3 Å². The Labute approximate surface area is 104 Å². The Bertz CT molecular complexity index is 332. The lowest BCUT2D eigenvalue weighted by Crippen LogP contribution is -2.45. The van der Waals surface area contributed by atoms with E-state index >= 15 is 0 Å². The number of Topliss-reactive ketones (excluding diaryl/α,β-unsaturated/α-hetero) is 1. The Morgan fingerprint density at radius 1 is 1.53 bits per heavy atom. The number of carbonyl (C=O) groups is 1. The summed E-state index contributed by atoms with van der Waals surface area (Å²) in [6.07, 6.45) is 1.54. The molecule has 1 aliphatic rings. The lowest BCUT2D eigenvalue weighted by molar-refractivity contribution is -0.136. The van der Waals surface area contributed by atoms with Crippen molar-refractivity contribution in [3.63, 3.8) is 0 Å². The minimum absolute atomic E-state index is 0.0449. The fourth-order valence-electron chi connectivity index (χ4n) is 2.37. The number of aliphatic hydroxyl groups excluding tert-OH is 1. The van der Waals surface area contributed by atoms with Crippen molar-refractivity contribution in [2.24, 2.45) is 11.3 Å². The van der Waals surface area contributed by atoms with E-state index in [9.17, 15) is 9.90 Å². The largest absolute Gasteiger partial charge is 0.493 e. The van der Waals surface area contributed by atoms with E-state index in [0.717, 1.165) is 12.0 Å². The predicted octanol–water partition coefficient (Wildman–Crippen LogP) is 2.68. The van der Waals surface area contributed by atoms with Crippen LogP contribution in [0.1, 0.15) is 47.0 Å². The zero-order valence-electron chi connectivity index (χ0n) is 11.5. The number of ether oxygens (including phenoxy) is 1. The SMILES string of the molecule is CCC(C)C1=C(OC)C(=O)C(C)(CC)C(O)C1. The molecule has 3 heteroatoms. The van der Waals surface area contributed by atoms with Crippen molar-refractivity contribution in [2.75, 3.05) is 7.11 Å². The topological polar surface area (TPSA) is 46.5 Å². The van der Waals surface area contributed by atoms with Crippen molar-refractivity contribution < 1.29 is 14.6 Å². The lowest BCUT2D eigenvalue weighted by Gasteiger charge is -2.38. The van der Waals surface area contributed by atoms with Gasteiger partial charge in [-0.3, -0.25) is 4.79 Å². The molecule has 0 bridgehead atoms. The van der Waals surface area contributed by atoms with Crippen molar-refractivity contribution in [3.8, 4) is 0 Å². The van der Waals surface area contributed by atoms with Crippen molar-refractivity contribution in [1.82, 2.24) is 0 Å². The summed E-state index contributed by atoms with van der Waals surface area (Å²) in [4.78, 5) is 12.4. The van der Waals surface area contributed by atoms with Gasteiger partial charge in [0.2, 0.25) is 5.78 Å². The molecule has 3 unspecified atom stereocenters. The van der Waals surface area contributed by atoms with Crippen LogP contribution in [-0.2, 0) is 9.53 Å². The highest BCUT2D eigenvalue weighted by atomic mass is 16.5. The molecule has 0 aromatic rings. The summed E-state index contributed by atoms with van der Waals surface area (Å²) in [7, 11) is 1.55. The van der Waals surface area contributed by atoms with Crippen molar-refractivity contribution in [2.45, 2.75) is 53.1 Å². The number of methoxy groups -OCH3 is 1. The van der Waals surface area contributed by atoms with Gasteiger partial charge in [0.15, 0.2) is 5.76 Å². The first kappa shape index (κ1) is 14.2. The molecule has 0 aromatic heterocycles. The zero-order valence-corrected chi connectivity index (χ0v) is 11.5. The van der Waals surface area contributed by atoms with Gasteiger partial charge >= 0.3 is 0 Å². The first-order valence-electron chi connectivity index (χ1n) is 6.42. The van der Waals surface area contributed by atoms with E-state index in [4.69, 9.17) is 4.74 Å². The van der Waals surface area contributed by atoms with Gasteiger partial charge in [-0.25, -0.2) is 0 Å². The van der Waals surface area contributed by atoms with E-state index in [2.05, 4.69) is 13.8 Å². The second-order valence-corrected chi connectivity index (χ2v) is 5.19. The number of ketones is 1. The van der Waals surface area contributed by atoms with Crippen LogP contribution in [0, 0.1) is 11.3 Å². The van der Waals surface area contributed by atoms with Crippen LogP contribution < -0.4 is 0 Å². The summed E-state index contributed by atoms with van der Waals surface area (Å²) in [6.45, 7) is 7.91. The summed E-state index contributed by atoms with van der Waals surface area (Å²) >= 11 is 0. The molecule has 0 radical (unpaired) electrons. The molecule has 98 valence electrons. The zero-order chi connectivity index (χ0) is 13.2. The highest BCUT2D eigenvalue weighted by Gasteiger charge is 2.46. The van der Waals surface area contributed by atoms with Crippen molar-refractivity contribution in [1.29, 1.82) is 0 Å². The molecule has 3 nitrogen and oxygen atoms in total. The molecule has 0 spiro atoms. The van der Waals surface area contributed by atoms with E-state index < -0.39 is 11.5 Å². The second kappa shape index (κ2) is 5.21. The second-order valence-electron chi connectivity index (χ2n) is 5.19. The van der Waals surface area contributed by atoms with E-state index in [1.807, 2.05) is 13.8 Å². The normalized spacial score (nSPS) is 31.6. The van der Waals surface area contributed by atoms with Gasteiger partial charge in [-0.15, -0.1) is 0 Å². The highest BCUT2D eigenvalue weighted by Crippen LogP contribution is 2.41. The van der Waals surface area contributed by atoms with Crippen LogP contribution in [-0.4, -0.2) is 24.1 Å². The molecule has 0 saturated carbocycles. The predicted molar refractivity (Wildman–Crippen MR) is 67.5 cm³/mol. The Hall–Kier alpha value is -0.830. The van der Waals surface area contributed by atoms with Gasteiger partial charge in [-0.1, -0.05) is 20.8 Å². The van der Waals surface area contributed by atoms with Crippen LogP contribution in [0.15, 0.2) is 11.3 Å². The number of rotatable bonds is 4. The summed E-state index contributed by atoms with van der Waals surface area (Å²) in [5.74, 6) is 0.718. The number of carbonyl (C=O) groups excluding carboxylic acids is 1. The Balaban J connectivity index is 3.22. The third-order valence-electron chi connectivity index (χ3n) is 4.31. The van der Waals surface area contributed by atoms with Gasteiger partial charge in [0.1, 0.15) is 0 Å². The summed E-state index contributed by atoms with van der Waals surface area (Å²) in [5, 5.41) is 10.2. The molecule has 1 rings (SSSR count). The summed E-state index contributed by atoms with van der Waals surface area (Å²) in [6, 6.07) is 0. The molecular formula is C14H24O3. The van der Waals surface area contributed by atoms with Crippen molar-refractivity contribution >= 4 is 5.78 Å². The van der Waals surface area contributed by atoms with E-state index in [0.29, 0.717) is 18.6 Å². The van der Waals surface area contributed by atoms with E-state index in [-0.39, 0.29) is 11.7 Å². The summed E-state index contributed by atoms with van der Waals surface area (Å²) in [5.41, 5.74) is 0.279. The van der Waals surface area contributed by atoms with Gasteiger partial charge in [0.25, 0.3) is 0 Å². The Morgan fingerprint density at radius 2 is 2.12 bits per heavy atom. The molecule has 3 atom stereocenters. The van der Waals surface area contributed by atoms with Gasteiger partial charge in [0, 0.05) is 0 Å². The highest BCUT2D eigenvalue weighted by molar-refractivity contribution is 6.00.